The number of nitrogens with one attached hydrogen (secondary N) is 2. The van der Waals surface area contributed by atoms with E-state index in [9.17, 15) is 4.79 Å². The number of primary amides is 1. The second-order valence-electron chi connectivity index (χ2n) is 6.16. The van der Waals surface area contributed by atoms with E-state index < -0.39 is 5.91 Å². The summed E-state index contributed by atoms with van der Waals surface area (Å²) >= 11 is 0. The van der Waals surface area contributed by atoms with Gasteiger partial charge in [0.15, 0.2) is 5.96 Å². The Hall–Kier alpha value is -2.82. The van der Waals surface area contributed by atoms with E-state index >= 15 is 0 Å². The third kappa shape index (κ3) is 5.95. The molecule has 0 saturated heterocycles. The van der Waals surface area contributed by atoms with Gasteiger partial charge in [0.25, 0.3) is 0 Å². The van der Waals surface area contributed by atoms with Crippen LogP contribution in [0.3, 0.4) is 0 Å². The van der Waals surface area contributed by atoms with Crippen molar-refractivity contribution in [2.75, 3.05) is 13.6 Å². The summed E-state index contributed by atoms with van der Waals surface area (Å²) in [6.45, 7) is 5.67. The minimum Gasteiger partial charge on any atom is -0.366 e. The van der Waals surface area contributed by atoms with Crippen LogP contribution in [0.1, 0.15) is 32.6 Å². The molecule has 0 spiro atoms. The monoisotopic (exact) mass is 338 g/mol. The molecule has 25 heavy (non-hydrogen) atoms. The molecule has 0 aliphatic carbocycles. The van der Waals surface area contributed by atoms with Crippen molar-refractivity contribution in [3.63, 3.8) is 0 Å². The molecule has 5 nitrogen and oxygen atoms in total. The van der Waals surface area contributed by atoms with E-state index in [-0.39, 0.29) is 0 Å². The first kappa shape index (κ1) is 18.5. The average Bonchev–Trinajstić information content (AvgIpc) is 2.57. The van der Waals surface area contributed by atoms with E-state index in [4.69, 9.17) is 5.73 Å². The lowest BCUT2D eigenvalue weighted by Gasteiger charge is -2.12. The van der Waals surface area contributed by atoms with Crippen LogP contribution in [0.4, 0.5) is 0 Å². The van der Waals surface area contributed by atoms with E-state index in [1.54, 1.807) is 19.2 Å². The zero-order valence-electron chi connectivity index (χ0n) is 15.1. The summed E-state index contributed by atoms with van der Waals surface area (Å²) in [5.41, 5.74) is 10.7. The number of benzene rings is 2. The number of hydrogen-bond acceptors (Lipinski definition) is 2. The third-order valence-electron chi connectivity index (χ3n) is 3.91. The maximum Gasteiger partial charge on any atom is 0.248 e. The van der Waals surface area contributed by atoms with Gasteiger partial charge in [-0.25, -0.2) is 0 Å². The number of aliphatic imine (C=N–C) groups is 1. The van der Waals surface area contributed by atoms with Crippen molar-refractivity contribution in [2.24, 2.45) is 10.7 Å². The maximum absolute atomic E-state index is 11.1. The third-order valence-corrected chi connectivity index (χ3v) is 3.91. The first-order valence-corrected chi connectivity index (χ1v) is 8.38. The van der Waals surface area contributed by atoms with Gasteiger partial charge >= 0.3 is 0 Å². The first-order valence-electron chi connectivity index (χ1n) is 8.38. The molecule has 0 aliphatic heterocycles. The smallest absolute Gasteiger partial charge is 0.248 e. The van der Waals surface area contributed by atoms with Gasteiger partial charge in [-0.3, -0.25) is 9.79 Å². The minimum atomic E-state index is -0.414. The lowest BCUT2D eigenvalue weighted by molar-refractivity contribution is 0.100. The van der Waals surface area contributed by atoms with Gasteiger partial charge in [0.2, 0.25) is 5.91 Å². The van der Waals surface area contributed by atoms with Crippen LogP contribution in [0.2, 0.25) is 0 Å². The van der Waals surface area contributed by atoms with Gasteiger partial charge in [0.05, 0.1) is 0 Å². The molecule has 2 aromatic rings. The quantitative estimate of drug-likeness (QED) is 0.558. The fourth-order valence-electron chi connectivity index (χ4n) is 2.73. The minimum absolute atomic E-state index is 0.414. The van der Waals surface area contributed by atoms with Gasteiger partial charge in [-0.15, -0.1) is 0 Å². The van der Waals surface area contributed by atoms with Crippen molar-refractivity contribution >= 4 is 11.9 Å². The fourth-order valence-corrected chi connectivity index (χ4v) is 2.73. The number of aryl methyl sites for hydroxylation is 2. The van der Waals surface area contributed by atoms with Crippen LogP contribution >= 0.6 is 0 Å². The van der Waals surface area contributed by atoms with Crippen LogP contribution in [0.5, 0.6) is 0 Å². The Bertz CT molecular complexity index is 731. The van der Waals surface area contributed by atoms with E-state index in [2.05, 4.69) is 47.7 Å². The second kappa shape index (κ2) is 8.87. The lowest BCUT2D eigenvalue weighted by atomic mass is 10.1. The first-order chi connectivity index (χ1) is 12.0. The van der Waals surface area contributed by atoms with Crippen LogP contribution in [0.25, 0.3) is 0 Å². The average molecular weight is 338 g/mol. The Balaban J connectivity index is 1.81. The Morgan fingerprint density at radius 1 is 1.00 bits per heavy atom. The fraction of sp³-hybridized carbons (Fsp3) is 0.300. The standard InChI is InChI=1S/C20H26N4O/c1-14-10-15(2)12-17(11-14)8-9-23-20(22-3)24-13-16-4-6-18(7-5-16)19(21)25/h4-7,10-12H,8-9,13H2,1-3H3,(H2,21,25)(H2,22,23,24). The van der Waals surface area contributed by atoms with Gasteiger partial charge in [-0.1, -0.05) is 41.5 Å². The Morgan fingerprint density at radius 3 is 2.20 bits per heavy atom. The predicted octanol–water partition coefficient (Wildman–Crippen LogP) is 2.31. The largest absolute Gasteiger partial charge is 0.366 e. The molecule has 4 N–H and O–H groups in total. The molecule has 0 bridgehead atoms. The predicted molar refractivity (Wildman–Crippen MR) is 103 cm³/mol. The van der Waals surface area contributed by atoms with Crippen LogP contribution in [-0.2, 0) is 13.0 Å². The van der Waals surface area contributed by atoms with Crippen LogP contribution in [0, 0.1) is 13.8 Å². The molecule has 0 radical (unpaired) electrons. The summed E-state index contributed by atoms with van der Waals surface area (Å²) in [5, 5.41) is 6.59. The molecule has 1 amide bonds. The molecule has 0 aliphatic rings. The highest BCUT2D eigenvalue weighted by Gasteiger charge is 2.02. The van der Waals surface area contributed by atoms with Crippen molar-refractivity contribution in [1.82, 2.24) is 10.6 Å². The number of nitrogens with two attached hydrogens (primary N) is 1. The van der Waals surface area contributed by atoms with Gasteiger partial charge < -0.3 is 16.4 Å². The topological polar surface area (TPSA) is 79.5 Å². The summed E-state index contributed by atoms with van der Waals surface area (Å²) in [6, 6.07) is 13.8. The zero-order chi connectivity index (χ0) is 18.2. The highest BCUT2D eigenvalue weighted by molar-refractivity contribution is 5.92. The maximum atomic E-state index is 11.1. The Kier molecular flexibility index (Phi) is 6.57. The Morgan fingerprint density at radius 2 is 1.64 bits per heavy atom. The van der Waals surface area contributed by atoms with Crippen molar-refractivity contribution in [3.05, 3.63) is 70.3 Å². The number of carbonyl (C=O) groups is 1. The summed E-state index contributed by atoms with van der Waals surface area (Å²) in [6.07, 6.45) is 0.941. The number of nitrogens with zero attached hydrogens (tertiary/aromatic N) is 1. The zero-order valence-corrected chi connectivity index (χ0v) is 15.1. The van der Waals surface area contributed by atoms with Gasteiger partial charge in [0, 0.05) is 25.7 Å². The highest BCUT2D eigenvalue weighted by Crippen LogP contribution is 2.09. The number of carbonyl (C=O) groups excluding carboxylic acids is 1. The molecule has 0 aromatic heterocycles. The van der Waals surface area contributed by atoms with E-state index in [1.165, 1.54) is 16.7 Å². The molecule has 2 aromatic carbocycles. The SMILES string of the molecule is CN=C(NCCc1cc(C)cc(C)c1)NCc1ccc(C(N)=O)cc1. The molecule has 0 saturated carbocycles. The Labute approximate surface area is 149 Å². The molecule has 0 fully saturated rings. The number of rotatable bonds is 6. The van der Waals surface area contributed by atoms with E-state index in [0.29, 0.717) is 12.1 Å². The molecule has 2 rings (SSSR count). The van der Waals surface area contributed by atoms with Crippen molar-refractivity contribution in [1.29, 1.82) is 0 Å². The number of hydrogen-bond donors (Lipinski definition) is 3. The molecule has 0 atom stereocenters. The van der Waals surface area contributed by atoms with Gasteiger partial charge in [0.1, 0.15) is 0 Å². The summed E-state index contributed by atoms with van der Waals surface area (Å²) in [4.78, 5) is 15.3. The van der Waals surface area contributed by atoms with Gasteiger partial charge in [-0.05, 0) is 43.5 Å². The van der Waals surface area contributed by atoms with Crippen LogP contribution < -0.4 is 16.4 Å². The molecule has 0 unspecified atom stereocenters. The summed E-state index contributed by atoms with van der Waals surface area (Å²) in [5.74, 6) is 0.340. The van der Waals surface area contributed by atoms with Crippen molar-refractivity contribution in [3.8, 4) is 0 Å². The van der Waals surface area contributed by atoms with E-state index in [0.717, 1.165) is 24.5 Å². The van der Waals surface area contributed by atoms with Crippen molar-refractivity contribution in [2.45, 2.75) is 26.8 Å². The number of guanidine groups is 1. The van der Waals surface area contributed by atoms with Crippen LogP contribution in [-0.4, -0.2) is 25.5 Å². The molecular weight excluding hydrogens is 312 g/mol. The molecule has 132 valence electrons. The normalized spacial score (nSPS) is 11.2. The molecule has 0 heterocycles. The van der Waals surface area contributed by atoms with Gasteiger partial charge in [-0.2, -0.15) is 0 Å². The molecular formula is C20H26N4O. The second-order valence-corrected chi connectivity index (χ2v) is 6.16. The lowest BCUT2D eigenvalue weighted by Crippen LogP contribution is -2.37. The van der Waals surface area contributed by atoms with E-state index in [1.807, 2.05) is 12.1 Å². The van der Waals surface area contributed by atoms with Crippen LogP contribution in [0.15, 0.2) is 47.5 Å². The molecule has 5 heteroatoms. The highest BCUT2D eigenvalue weighted by atomic mass is 16.1. The van der Waals surface area contributed by atoms with Crippen molar-refractivity contribution < 1.29 is 4.79 Å². The number of amides is 1. The summed E-state index contributed by atoms with van der Waals surface area (Å²) < 4.78 is 0. The summed E-state index contributed by atoms with van der Waals surface area (Å²) in [7, 11) is 1.75.